The quantitative estimate of drug-likeness (QED) is 0.0640. The van der Waals surface area contributed by atoms with Crippen molar-refractivity contribution >= 4 is 71.2 Å². The number of carbonyl (C=O) groups excluding carboxylic acids is 8. The number of hydrogen-bond donors (Lipinski definition) is 4. The molecule has 4 N–H and O–H groups in total. The summed E-state index contributed by atoms with van der Waals surface area (Å²) in [5, 5.41) is 11.7. The fraction of sp³-hybridized carbons (Fsp3) is 0.556. The fourth-order valence-corrected chi connectivity index (χ4v) is 16.8. The summed E-state index contributed by atoms with van der Waals surface area (Å²) >= 11 is 3.15. The van der Waals surface area contributed by atoms with Gasteiger partial charge in [-0.3, -0.25) is 38.6 Å². The predicted octanol–water partition coefficient (Wildman–Crippen LogP) is 8.48. The molecule has 12 atom stereocenters. The second-order valence-corrected chi connectivity index (χ2v) is 29.9. The summed E-state index contributed by atoms with van der Waals surface area (Å²) < 4.78 is 23.9. The highest BCUT2D eigenvalue weighted by Gasteiger charge is 2.60. The van der Waals surface area contributed by atoms with Crippen LogP contribution in [0.5, 0.6) is 0 Å². The highest BCUT2D eigenvalue weighted by molar-refractivity contribution is 8.00. The van der Waals surface area contributed by atoms with E-state index < -0.39 is 107 Å². The molecule has 6 aliphatic rings. The Hall–Kier alpha value is -7.50. The lowest BCUT2D eigenvalue weighted by Crippen LogP contribution is -2.59. The summed E-state index contributed by atoms with van der Waals surface area (Å²) in [6.07, 6.45) is 8.97. The molecule has 506 valence electrons. The van der Waals surface area contributed by atoms with Crippen LogP contribution in [0.25, 0.3) is 0 Å². The summed E-state index contributed by atoms with van der Waals surface area (Å²) in [6, 6.07) is 8.61. The molecule has 2 aromatic rings. The number of carbonyl (C=O) groups is 8. The molecule has 0 saturated carbocycles. The number of ether oxygens (including phenoxy) is 4. The van der Waals surface area contributed by atoms with Crippen molar-refractivity contribution in [3.8, 4) is 23.7 Å². The Morgan fingerprint density at radius 3 is 1.29 bits per heavy atom. The van der Waals surface area contributed by atoms with Crippen LogP contribution in [-0.2, 0) is 60.6 Å². The Bertz CT molecular complexity index is 3120. The van der Waals surface area contributed by atoms with Gasteiger partial charge in [0.1, 0.15) is 60.7 Å². The molecule has 8 rings (SSSR count). The summed E-state index contributed by atoms with van der Waals surface area (Å²) in [5.74, 6) is 10.3. The standard InChI is InChI=1S/C72H94N8O12S2/c1-15-33-71(34-16-2)43-55-79(65(85)51(31-39-93-55)73-61(81)45(5)77(13)67(87)91-69(7,8)9)59(71)63(83)75-57-49-29-23-21-27-47(49)41-53(57)89-37-25-19-20-26-38-90-54-42-48-28-22-24-30-50(48)58(54)76-64(84)60-72(35-17-3,36-18-4)44-56-80(60)66(86)52(32-40-94-56)74-62(82)46(6)78(14)68(88)92-70(10,11)12/h15-18,21-24,27-30,45-46,51-60H,1-4,31-44H2,5-14H3,(H,73,81)(H,74,82)(H,75,83)(H,76,84)/t45-,46-,51-,52-,53+,54+,55-,56-,57-,58-,59+,60+/m0/s1. The van der Waals surface area contributed by atoms with Crippen LogP contribution in [0.2, 0.25) is 0 Å². The van der Waals surface area contributed by atoms with Gasteiger partial charge in [0.05, 0.1) is 35.0 Å². The molecule has 8 amide bonds. The first-order chi connectivity index (χ1) is 44.6. The van der Waals surface area contributed by atoms with E-state index in [0.29, 0.717) is 75.7 Å². The lowest BCUT2D eigenvalue weighted by Gasteiger charge is -2.38. The molecule has 94 heavy (non-hydrogen) atoms. The first-order valence-electron chi connectivity index (χ1n) is 32.4. The van der Waals surface area contributed by atoms with Gasteiger partial charge in [-0.25, -0.2) is 9.59 Å². The first-order valence-corrected chi connectivity index (χ1v) is 34.5. The highest BCUT2D eigenvalue weighted by atomic mass is 32.2. The van der Waals surface area contributed by atoms with Crippen molar-refractivity contribution in [2.75, 3.05) is 38.8 Å². The number of benzene rings is 2. The lowest BCUT2D eigenvalue weighted by atomic mass is 9.74. The normalized spacial score (nSPS) is 25.4. The minimum absolute atomic E-state index is 0.0178. The van der Waals surface area contributed by atoms with Crippen molar-refractivity contribution in [1.29, 1.82) is 0 Å². The second-order valence-electron chi connectivity index (χ2n) is 27.4. The summed E-state index contributed by atoms with van der Waals surface area (Å²) in [6.45, 7) is 29.8. The molecule has 0 unspecified atom stereocenters. The van der Waals surface area contributed by atoms with Crippen LogP contribution in [0.15, 0.2) is 99.2 Å². The van der Waals surface area contributed by atoms with Gasteiger partial charge in [0.25, 0.3) is 0 Å². The highest BCUT2D eigenvalue weighted by Crippen LogP contribution is 2.53. The van der Waals surface area contributed by atoms with Gasteiger partial charge < -0.3 is 50.0 Å². The molecular weight excluding hydrogens is 1230 g/mol. The van der Waals surface area contributed by atoms with E-state index in [1.807, 2.05) is 48.5 Å². The predicted molar refractivity (Wildman–Crippen MR) is 364 cm³/mol. The molecular formula is C72H94N8O12S2. The van der Waals surface area contributed by atoms with E-state index in [4.69, 9.17) is 18.9 Å². The minimum Gasteiger partial charge on any atom is -0.444 e. The zero-order chi connectivity index (χ0) is 68.5. The molecule has 4 aliphatic heterocycles. The number of allylic oxidation sites excluding steroid dienone is 4. The summed E-state index contributed by atoms with van der Waals surface area (Å²) in [4.78, 5) is 120. The smallest absolute Gasteiger partial charge is 0.410 e. The van der Waals surface area contributed by atoms with E-state index in [0.717, 1.165) is 22.3 Å². The molecule has 0 bridgehead atoms. The maximum atomic E-state index is 15.3. The Balaban J connectivity index is 0.937. The van der Waals surface area contributed by atoms with Gasteiger partial charge in [-0.2, -0.15) is 0 Å². The number of hydrogen-bond acceptors (Lipinski definition) is 14. The largest absolute Gasteiger partial charge is 0.444 e. The van der Waals surface area contributed by atoms with E-state index in [9.17, 15) is 28.8 Å². The average Bonchev–Trinajstić information content (AvgIpc) is 1.59. The van der Waals surface area contributed by atoms with Gasteiger partial charge in [0, 0.05) is 37.8 Å². The number of rotatable bonds is 22. The Kier molecular flexibility index (Phi) is 23.8. The molecule has 2 aliphatic carbocycles. The van der Waals surface area contributed by atoms with E-state index in [1.165, 1.54) is 23.9 Å². The van der Waals surface area contributed by atoms with E-state index >= 15 is 9.59 Å². The van der Waals surface area contributed by atoms with Crippen molar-refractivity contribution in [2.24, 2.45) is 10.8 Å². The zero-order valence-electron chi connectivity index (χ0n) is 56.1. The van der Waals surface area contributed by atoms with Gasteiger partial charge in [0.15, 0.2) is 0 Å². The Labute approximate surface area is 563 Å². The maximum Gasteiger partial charge on any atom is 0.410 e. The number of nitrogens with one attached hydrogen (secondary N) is 4. The fourth-order valence-electron chi connectivity index (χ4n) is 13.9. The van der Waals surface area contributed by atoms with Gasteiger partial charge in [-0.05, 0) is 152 Å². The Morgan fingerprint density at radius 2 is 0.947 bits per heavy atom. The van der Waals surface area contributed by atoms with Crippen LogP contribution in [0.4, 0.5) is 9.59 Å². The molecule has 2 aromatic carbocycles. The third kappa shape index (κ3) is 16.4. The number of amides is 8. The monoisotopic (exact) mass is 1330 g/mol. The number of likely N-dealkylation sites (N-methyl/N-ethyl adjacent to an activating group) is 2. The average molecular weight is 1330 g/mol. The van der Waals surface area contributed by atoms with Crippen molar-refractivity contribution in [1.82, 2.24) is 40.9 Å². The van der Waals surface area contributed by atoms with E-state index in [1.54, 1.807) is 113 Å². The summed E-state index contributed by atoms with van der Waals surface area (Å²) in [7, 11) is 2.95. The van der Waals surface area contributed by atoms with Crippen LogP contribution in [-0.4, -0.2) is 176 Å². The molecule has 0 radical (unpaired) electrons. The lowest BCUT2D eigenvalue weighted by molar-refractivity contribution is -0.145. The van der Waals surface area contributed by atoms with Gasteiger partial charge in [-0.1, -0.05) is 84.7 Å². The van der Waals surface area contributed by atoms with Crippen LogP contribution >= 0.6 is 23.5 Å². The Morgan fingerprint density at radius 1 is 0.596 bits per heavy atom. The third-order valence-electron chi connectivity index (χ3n) is 18.6. The van der Waals surface area contributed by atoms with E-state index in [2.05, 4.69) is 71.3 Å². The third-order valence-corrected chi connectivity index (χ3v) is 21.1. The number of nitrogens with zero attached hydrogens (tertiary/aromatic N) is 4. The zero-order valence-corrected chi connectivity index (χ0v) is 57.7. The van der Waals surface area contributed by atoms with E-state index in [-0.39, 0.29) is 47.6 Å². The van der Waals surface area contributed by atoms with Crippen LogP contribution in [0.1, 0.15) is 141 Å². The number of thioether (sulfide) groups is 2. The maximum absolute atomic E-state index is 15.3. The second kappa shape index (κ2) is 30.9. The first kappa shape index (κ1) is 72.3. The van der Waals surface area contributed by atoms with Crippen LogP contribution in [0, 0.1) is 34.5 Å². The van der Waals surface area contributed by atoms with Crippen molar-refractivity contribution < 1.29 is 57.3 Å². The molecule has 0 spiro atoms. The number of fused-ring (bicyclic) bond motifs is 4. The minimum atomic E-state index is -0.967. The van der Waals surface area contributed by atoms with Crippen molar-refractivity contribution in [3.63, 3.8) is 0 Å². The van der Waals surface area contributed by atoms with Gasteiger partial charge in [-0.15, -0.1) is 49.8 Å². The van der Waals surface area contributed by atoms with Crippen LogP contribution < -0.4 is 21.3 Å². The molecule has 22 heteroatoms. The van der Waals surface area contributed by atoms with Gasteiger partial charge >= 0.3 is 12.2 Å². The molecule has 0 aromatic heterocycles. The van der Waals surface area contributed by atoms with Gasteiger partial charge in [0.2, 0.25) is 35.4 Å². The molecule has 4 saturated heterocycles. The van der Waals surface area contributed by atoms with Crippen LogP contribution in [0.3, 0.4) is 0 Å². The molecule has 4 heterocycles. The van der Waals surface area contributed by atoms with Crippen molar-refractivity contribution in [3.05, 3.63) is 121 Å². The summed E-state index contributed by atoms with van der Waals surface area (Å²) in [5.41, 5.74) is 0.678. The molecule has 4 fully saturated rings. The topological polar surface area (TPSA) is 235 Å². The molecule has 20 nitrogen and oxygen atoms in total. The SMILES string of the molecule is C=CCC1(CC=C)C[C@@H]2SCC[C@H](NC(=O)[C@H](C)N(C)C(=O)OC(C)(C)C)C(=O)N2[C@@H]1C(=O)N[C@H]1c2ccccc2C[C@H]1OCC#CC#CCO[C@@H]1Cc2ccccc2[C@@H]1NC(=O)[C@H]1N2C(=O)[C@@H](NC(=O)[C@H](C)N(C)C(=O)OC(C)(C)C)CCS[C@H]2CC1(CC=C)CC=C. The van der Waals surface area contributed by atoms with Crippen molar-refractivity contribution in [2.45, 2.75) is 202 Å².